The summed E-state index contributed by atoms with van der Waals surface area (Å²) in [5, 5.41) is 48.4. The summed E-state index contributed by atoms with van der Waals surface area (Å²) >= 11 is 0. The number of nitrogen functional groups attached to an aromatic ring is 2. The van der Waals surface area contributed by atoms with Gasteiger partial charge in [0.25, 0.3) is 20.2 Å². The maximum absolute atomic E-state index is 12.2. The molecule has 0 aliphatic heterocycles. The molecule has 18 heteroatoms. The van der Waals surface area contributed by atoms with Crippen LogP contribution in [0.15, 0.2) is 115 Å². The lowest BCUT2D eigenvalue weighted by atomic mass is 10.0. The zero-order valence-electron chi connectivity index (χ0n) is 26.8. The molecule has 6 aromatic carbocycles. The van der Waals surface area contributed by atoms with Gasteiger partial charge in [-0.15, -0.1) is 20.5 Å². The maximum Gasteiger partial charge on any atom is 0.298 e. The monoisotopic (exact) mass is 744 g/mol. The number of hydrogen-bond donors (Lipinski definition) is 7. The number of ether oxygens (including phenoxy) is 1. The second-order valence-corrected chi connectivity index (χ2v) is 13.9. The van der Waals surface area contributed by atoms with Crippen LogP contribution in [0.3, 0.4) is 0 Å². The van der Waals surface area contributed by atoms with E-state index in [9.17, 15) is 41.3 Å². The number of hydrogen-bond acceptors (Lipinski definition) is 14. The molecule has 0 unspecified atom stereocenters. The molecule has 0 aromatic heterocycles. The number of phenolic OH excluding ortho intramolecular Hbond substituents is 2. The molecular formula is C34H28N6O10S2. The van der Waals surface area contributed by atoms with Crippen molar-refractivity contribution in [2.45, 2.75) is 16.4 Å². The molecule has 6 aromatic rings. The average molecular weight is 745 g/mol. The van der Waals surface area contributed by atoms with Crippen LogP contribution in [-0.2, 0) is 26.8 Å². The number of nitrogens with zero attached hydrogens (tertiary/aromatic N) is 4. The SMILES string of the molecule is COc1cc(-c2ccc(N=Nc3c(O)c(S(=O)(=O)O)c4ccccc4c3N)c(CO)c2)ccc1N=Nc1c(O)c(S(=O)(=O)O)c2ccccc2c1N. The summed E-state index contributed by atoms with van der Waals surface area (Å²) in [5.74, 6) is -1.57. The number of phenols is 2. The summed E-state index contributed by atoms with van der Waals surface area (Å²) < 4.78 is 73.7. The van der Waals surface area contributed by atoms with Crippen molar-refractivity contribution in [1.82, 2.24) is 0 Å². The first-order chi connectivity index (χ1) is 24.6. The van der Waals surface area contributed by atoms with Crippen LogP contribution >= 0.6 is 0 Å². The Bertz CT molecular complexity index is 2530. The third kappa shape index (κ3) is 6.43. The van der Waals surface area contributed by atoms with Crippen LogP contribution in [0.5, 0.6) is 17.2 Å². The Morgan fingerprint density at radius 2 is 1.04 bits per heavy atom. The molecular weight excluding hydrogens is 717 g/mol. The Labute approximate surface area is 295 Å². The summed E-state index contributed by atoms with van der Waals surface area (Å²) in [5.41, 5.74) is 13.2. The van der Waals surface area contributed by atoms with Gasteiger partial charge in [-0.25, -0.2) is 0 Å². The van der Waals surface area contributed by atoms with Gasteiger partial charge < -0.3 is 31.5 Å². The topological polar surface area (TPSA) is 280 Å². The minimum atomic E-state index is -4.90. The molecule has 0 saturated heterocycles. The molecule has 0 atom stereocenters. The van der Waals surface area contributed by atoms with Crippen molar-refractivity contribution in [3.8, 4) is 28.4 Å². The molecule has 0 fully saturated rings. The normalized spacial score (nSPS) is 12.4. The fourth-order valence-electron chi connectivity index (χ4n) is 5.67. The fourth-order valence-corrected chi connectivity index (χ4v) is 7.27. The zero-order valence-corrected chi connectivity index (χ0v) is 28.5. The summed E-state index contributed by atoms with van der Waals surface area (Å²) in [6.07, 6.45) is 0. The van der Waals surface area contributed by atoms with Crippen LogP contribution < -0.4 is 16.2 Å². The second kappa shape index (κ2) is 13.5. The third-order valence-electron chi connectivity index (χ3n) is 8.11. The Balaban J connectivity index is 1.35. The Hall–Kier alpha value is -6.18. The van der Waals surface area contributed by atoms with E-state index in [0.717, 1.165) is 0 Å². The zero-order chi connectivity index (χ0) is 37.5. The van der Waals surface area contributed by atoms with Gasteiger partial charge in [0.2, 0.25) is 0 Å². The first-order valence-corrected chi connectivity index (χ1v) is 17.8. The minimum absolute atomic E-state index is 0.00197. The van der Waals surface area contributed by atoms with E-state index in [1.54, 1.807) is 36.4 Å². The van der Waals surface area contributed by atoms with Crippen LogP contribution in [0.25, 0.3) is 32.7 Å². The molecule has 266 valence electrons. The van der Waals surface area contributed by atoms with Crippen molar-refractivity contribution < 1.29 is 46.0 Å². The van der Waals surface area contributed by atoms with Crippen LogP contribution in [0, 0.1) is 0 Å². The van der Waals surface area contributed by atoms with E-state index in [0.29, 0.717) is 11.1 Å². The highest BCUT2D eigenvalue weighted by Gasteiger charge is 2.27. The molecule has 6 rings (SSSR count). The molecule has 0 bridgehead atoms. The lowest BCUT2D eigenvalue weighted by molar-refractivity contribution is 0.282. The Morgan fingerprint density at radius 1 is 0.615 bits per heavy atom. The Morgan fingerprint density at radius 3 is 1.48 bits per heavy atom. The van der Waals surface area contributed by atoms with E-state index in [1.807, 2.05) is 0 Å². The highest BCUT2D eigenvalue weighted by molar-refractivity contribution is 7.86. The first-order valence-electron chi connectivity index (χ1n) is 14.9. The minimum Gasteiger partial charge on any atom is -0.504 e. The van der Waals surface area contributed by atoms with Gasteiger partial charge in [-0.05, 0) is 35.4 Å². The number of nitrogens with two attached hydrogens (primary N) is 2. The number of methoxy groups -OCH3 is 1. The lowest BCUT2D eigenvalue weighted by Gasteiger charge is -2.13. The summed E-state index contributed by atoms with van der Waals surface area (Å²) in [6.45, 7) is -0.497. The summed E-state index contributed by atoms with van der Waals surface area (Å²) in [6, 6.07) is 21.5. The van der Waals surface area contributed by atoms with Gasteiger partial charge in [0.1, 0.15) is 21.2 Å². The fraction of sp³-hybridized carbons (Fsp3) is 0.0588. The molecule has 0 heterocycles. The van der Waals surface area contributed by atoms with Crippen molar-refractivity contribution in [3.63, 3.8) is 0 Å². The van der Waals surface area contributed by atoms with Crippen LogP contribution in [-0.4, -0.2) is 48.4 Å². The molecule has 0 spiro atoms. The predicted molar refractivity (Wildman–Crippen MR) is 192 cm³/mol. The van der Waals surface area contributed by atoms with E-state index in [-0.39, 0.29) is 61.3 Å². The number of fused-ring (bicyclic) bond motifs is 2. The average Bonchev–Trinajstić information content (AvgIpc) is 3.10. The van der Waals surface area contributed by atoms with E-state index in [1.165, 1.54) is 55.6 Å². The van der Waals surface area contributed by atoms with Crippen LogP contribution in [0.1, 0.15) is 5.56 Å². The van der Waals surface area contributed by atoms with Gasteiger partial charge in [-0.2, -0.15) is 16.8 Å². The van der Waals surface area contributed by atoms with Crippen molar-refractivity contribution in [3.05, 3.63) is 90.5 Å². The van der Waals surface area contributed by atoms with Gasteiger partial charge >= 0.3 is 0 Å². The molecule has 52 heavy (non-hydrogen) atoms. The Kier molecular flexibility index (Phi) is 9.26. The quantitative estimate of drug-likeness (QED) is 0.0445. The van der Waals surface area contributed by atoms with Gasteiger partial charge in [-0.3, -0.25) is 9.11 Å². The molecule has 0 saturated carbocycles. The highest BCUT2D eigenvalue weighted by Crippen LogP contribution is 2.47. The third-order valence-corrected chi connectivity index (χ3v) is 9.97. The number of benzene rings is 6. The van der Waals surface area contributed by atoms with Crippen molar-refractivity contribution >= 4 is 75.9 Å². The first kappa shape index (κ1) is 35.6. The number of azo groups is 2. The number of aromatic hydroxyl groups is 2. The van der Waals surface area contributed by atoms with E-state index in [2.05, 4.69) is 20.5 Å². The number of anilines is 2. The number of rotatable bonds is 9. The van der Waals surface area contributed by atoms with E-state index in [4.69, 9.17) is 16.2 Å². The standard InChI is InChI=1S/C34H28N6O10S2/c1-50-26-15-18(11-13-25(26)38-40-30-28(36)21-7-3-5-9-23(21)34(32(30)43)52(47,48)49)17-10-12-24(19(14-17)16-41)37-39-29-27(35)20-6-2-4-8-22(20)33(31(29)42)51(44,45)46/h2-15,41-43H,16,35-36H2,1H3,(H,44,45,46)(H,47,48,49). The van der Waals surface area contributed by atoms with Crippen molar-refractivity contribution in [2.24, 2.45) is 20.5 Å². The highest BCUT2D eigenvalue weighted by atomic mass is 32.2. The molecule has 16 nitrogen and oxygen atoms in total. The lowest BCUT2D eigenvalue weighted by Crippen LogP contribution is -2.02. The van der Waals surface area contributed by atoms with Crippen molar-refractivity contribution in [1.29, 1.82) is 0 Å². The molecule has 9 N–H and O–H groups in total. The molecule has 0 amide bonds. The number of aliphatic hydroxyl groups is 1. The van der Waals surface area contributed by atoms with E-state index < -0.39 is 53.8 Å². The molecule has 0 radical (unpaired) electrons. The van der Waals surface area contributed by atoms with E-state index >= 15 is 0 Å². The van der Waals surface area contributed by atoms with Gasteiger partial charge in [0.15, 0.2) is 22.9 Å². The predicted octanol–water partition coefficient (Wildman–Crippen LogP) is 7.06. The summed E-state index contributed by atoms with van der Waals surface area (Å²) in [4.78, 5) is -1.54. The molecule has 0 aliphatic carbocycles. The van der Waals surface area contributed by atoms with Crippen LogP contribution in [0.2, 0.25) is 0 Å². The van der Waals surface area contributed by atoms with Crippen molar-refractivity contribution in [2.75, 3.05) is 18.6 Å². The second-order valence-electron chi connectivity index (χ2n) is 11.2. The summed E-state index contributed by atoms with van der Waals surface area (Å²) in [7, 11) is -8.41. The molecule has 0 aliphatic rings. The maximum atomic E-state index is 12.2. The smallest absolute Gasteiger partial charge is 0.298 e. The largest absolute Gasteiger partial charge is 0.504 e. The number of aliphatic hydroxyl groups excluding tert-OH is 1. The van der Waals surface area contributed by atoms with Gasteiger partial charge in [0.05, 0.1) is 30.8 Å². The van der Waals surface area contributed by atoms with Gasteiger partial charge in [0, 0.05) is 27.1 Å². The van der Waals surface area contributed by atoms with Gasteiger partial charge in [-0.1, -0.05) is 60.7 Å². The van der Waals surface area contributed by atoms with Crippen LogP contribution in [0.4, 0.5) is 34.1 Å².